The zero-order valence-corrected chi connectivity index (χ0v) is 19.4. The van der Waals surface area contributed by atoms with E-state index in [0.717, 1.165) is 34.4 Å². The zero-order chi connectivity index (χ0) is 23.0. The summed E-state index contributed by atoms with van der Waals surface area (Å²) < 4.78 is 1.76. The van der Waals surface area contributed by atoms with Crippen LogP contribution in [0.5, 0.6) is 0 Å². The summed E-state index contributed by atoms with van der Waals surface area (Å²) in [6.45, 7) is 6.20. The molecule has 11 heteroatoms. The molecule has 3 amide bonds. The monoisotopic (exact) mass is 457 g/mol. The Kier molecular flexibility index (Phi) is 6.00. The van der Waals surface area contributed by atoms with Gasteiger partial charge in [-0.15, -0.1) is 11.3 Å². The van der Waals surface area contributed by atoms with Crippen LogP contribution in [-0.4, -0.2) is 61.7 Å². The number of fused-ring (bicyclic) bond motifs is 1. The Balaban J connectivity index is 1.41. The van der Waals surface area contributed by atoms with Gasteiger partial charge in [-0.05, 0) is 32.8 Å². The Hall–Kier alpha value is -3.21. The highest BCUT2D eigenvalue weighted by atomic mass is 32.1. The van der Waals surface area contributed by atoms with Crippen LogP contribution in [-0.2, 0) is 16.6 Å². The average Bonchev–Trinajstić information content (AvgIpc) is 3.45. The summed E-state index contributed by atoms with van der Waals surface area (Å²) in [5.74, 6) is -0.512. The molecule has 1 fully saturated rings. The van der Waals surface area contributed by atoms with Crippen molar-refractivity contribution >= 4 is 45.0 Å². The highest BCUT2D eigenvalue weighted by Crippen LogP contribution is 2.31. The first-order valence-corrected chi connectivity index (χ1v) is 11.4. The number of anilines is 1. The molecule has 3 aromatic heterocycles. The van der Waals surface area contributed by atoms with E-state index in [1.165, 1.54) is 18.3 Å². The van der Waals surface area contributed by atoms with Crippen molar-refractivity contribution in [2.45, 2.75) is 45.6 Å². The lowest BCUT2D eigenvalue weighted by Gasteiger charge is -2.34. The molecule has 1 aliphatic rings. The molecule has 0 bridgehead atoms. The Morgan fingerprint density at radius 1 is 1.34 bits per heavy atom. The molecule has 1 aliphatic heterocycles. The number of piperidine rings is 1. The van der Waals surface area contributed by atoms with Gasteiger partial charge >= 0.3 is 0 Å². The van der Waals surface area contributed by atoms with E-state index in [1.807, 2.05) is 20.0 Å². The molecule has 32 heavy (non-hydrogen) atoms. The minimum Gasteiger partial charge on any atom is -0.340 e. The first-order valence-electron chi connectivity index (χ1n) is 10.6. The molecule has 2 atom stereocenters. The molecule has 4 rings (SSSR count). The number of carbonyl (C=O) groups excluding carboxylic acids is 3. The molecular weight excluding hydrogens is 430 g/mol. The van der Waals surface area contributed by atoms with Gasteiger partial charge < -0.3 is 15.5 Å². The van der Waals surface area contributed by atoms with Gasteiger partial charge in [0.05, 0.1) is 28.1 Å². The number of aryl methyl sites for hydroxylation is 2. The summed E-state index contributed by atoms with van der Waals surface area (Å²) in [5, 5.41) is 17.9. The molecule has 3 N–H and O–H groups in total. The molecule has 0 aromatic carbocycles. The van der Waals surface area contributed by atoms with Gasteiger partial charge in [0.15, 0.2) is 0 Å². The van der Waals surface area contributed by atoms with Crippen molar-refractivity contribution in [3.05, 3.63) is 28.5 Å². The maximum absolute atomic E-state index is 13.1. The molecule has 3 aromatic rings. The number of aromatic amines is 1. The van der Waals surface area contributed by atoms with Gasteiger partial charge in [-0.2, -0.15) is 10.2 Å². The van der Waals surface area contributed by atoms with Crippen molar-refractivity contribution < 1.29 is 14.4 Å². The van der Waals surface area contributed by atoms with Crippen molar-refractivity contribution in [1.29, 1.82) is 0 Å². The van der Waals surface area contributed by atoms with E-state index in [-0.39, 0.29) is 23.6 Å². The molecule has 0 spiro atoms. The summed E-state index contributed by atoms with van der Waals surface area (Å²) in [6, 6.07) is 1.18. The summed E-state index contributed by atoms with van der Waals surface area (Å²) in [4.78, 5) is 40.6. The predicted molar refractivity (Wildman–Crippen MR) is 122 cm³/mol. The quantitative estimate of drug-likeness (QED) is 0.541. The number of hydrogen-bond acceptors (Lipinski definition) is 6. The lowest BCUT2D eigenvalue weighted by molar-refractivity contribution is -0.134. The third kappa shape index (κ3) is 4.24. The fraction of sp³-hybridized carbons (Fsp3) is 0.476. The van der Waals surface area contributed by atoms with Gasteiger partial charge in [0.2, 0.25) is 11.8 Å². The average molecular weight is 458 g/mol. The van der Waals surface area contributed by atoms with Crippen LogP contribution in [0.2, 0.25) is 0 Å². The fourth-order valence-electron chi connectivity index (χ4n) is 4.23. The highest BCUT2D eigenvalue weighted by Gasteiger charge is 2.30. The van der Waals surface area contributed by atoms with E-state index in [4.69, 9.17) is 0 Å². The van der Waals surface area contributed by atoms with E-state index in [0.29, 0.717) is 23.7 Å². The van der Waals surface area contributed by atoms with Gasteiger partial charge in [-0.3, -0.25) is 24.2 Å². The first-order chi connectivity index (χ1) is 15.2. The number of likely N-dealkylation sites (tertiary alicyclic amines) is 1. The van der Waals surface area contributed by atoms with Crippen LogP contribution in [0.25, 0.3) is 10.2 Å². The number of nitrogens with one attached hydrogen (secondary N) is 3. The molecule has 0 radical (unpaired) electrons. The Bertz CT molecular complexity index is 1140. The fourth-order valence-corrected chi connectivity index (χ4v) is 5.26. The van der Waals surface area contributed by atoms with Crippen LogP contribution in [0.3, 0.4) is 0 Å². The van der Waals surface area contributed by atoms with Crippen LogP contribution in [0, 0.1) is 6.92 Å². The molecule has 10 nitrogen and oxygen atoms in total. The van der Waals surface area contributed by atoms with Crippen molar-refractivity contribution in [2.24, 2.45) is 7.05 Å². The topological polar surface area (TPSA) is 125 Å². The molecule has 0 saturated carbocycles. The summed E-state index contributed by atoms with van der Waals surface area (Å²) in [6.07, 6.45) is 3.30. The predicted octanol–water partition coefficient (Wildman–Crippen LogP) is 2.15. The summed E-state index contributed by atoms with van der Waals surface area (Å²) in [7, 11) is 1.85. The van der Waals surface area contributed by atoms with Gasteiger partial charge in [0.1, 0.15) is 10.9 Å². The van der Waals surface area contributed by atoms with Crippen LogP contribution in [0.1, 0.15) is 53.7 Å². The molecule has 170 valence electrons. The zero-order valence-electron chi connectivity index (χ0n) is 18.6. The van der Waals surface area contributed by atoms with E-state index in [2.05, 4.69) is 25.9 Å². The van der Waals surface area contributed by atoms with Crippen LogP contribution in [0.4, 0.5) is 5.69 Å². The SMILES string of the molecule is CC(=O)Nc1cn[nH]c1C1CCCN(C(=O)C(C)NC(=O)c2cc3c(C)nn(C)c3s2)C1. The van der Waals surface area contributed by atoms with Gasteiger partial charge in [0, 0.05) is 38.4 Å². The molecular formula is C21H27N7O3S. The second-order valence-electron chi connectivity index (χ2n) is 8.24. The number of nitrogens with zero attached hydrogens (tertiary/aromatic N) is 4. The summed E-state index contributed by atoms with van der Waals surface area (Å²) >= 11 is 1.37. The number of thiophene rings is 1. The minimum absolute atomic E-state index is 0.0398. The standard InChI is InChI=1S/C21H27N7O3S/c1-11-15-8-17(32-21(15)27(4)26-11)19(30)23-12(2)20(31)28-7-5-6-14(10-28)18-16(9-22-25-18)24-13(3)29/h8-9,12,14H,5-7,10H2,1-4H3,(H,22,25)(H,23,30)(H,24,29). The van der Waals surface area contributed by atoms with Gasteiger partial charge in [-0.25, -0.2) is 0 Å². The number of aromatic nitrogens is 4. The van der Waals surface area contributed by atoms with E-state index < -0.39 is 6.04 Å². The lowest BCUT2D eigenvalue weighted by Crippen LogP contribution is -2.49. The lowest BCUT2D eigenvalue weighted by atomic mass is 9.93. The number of rotatable bonds is 5. The maximum atomic E-state index is 13.1. The third-order valence-corrected chi connectivity index (χ3v) is 6.96. The first kappa shape index (κ1) is 22.0. The van der Waals surface area contributed by atoms with E-state index in [1.54, 1.807) is 22.7 Å². The van der Waals surface area contributed by atoms with Crippen LogP contribution >= 0.6 is 11.3 Å². The van der Waals surface area contributed by atoms with Crippen molar-refractivity contribution in [3.8, 4) is 0 Å². The second-order valence-corrected chi connectivity index (χ2v) is 9.27. The number of carbonyl (C=O) groups is 3. The van der Waals surface area contributed by atoms with Crippen molar-refractivity contribution in [3.63, 3.8) is 0 Å². The van der Waals surface area contributed by atoms with Crippen molar-refractivity contribution in [2.75, 3.05) is 18.4 Å². The largest absolute Gasteiger partial charge is 0.340 e. The Labute approximate surface area is 189 Å². The van der Waals surface area contributed by atoms with Gasteiger partial charge in [0.25, 0.3) is 5.91 Å². The maximum Gasteiger partial charge on any atom is 0.262 e. The van der Waals surface area contributed by atoms with Gasteiger partial charge in [-0.1, -0.05) is 0 Å². The summed E-state index contributed by atoms with van der Waals surface area (Å²) in [5.41, 5.74) is 2.34. The minimum atomic E-state index is -0.651. The molecule has 0 aliphatic carbocycles. The third-order valence-electron chi connectivity index (χ3n) is 5.76. The number of H-pyrrole nitrogens is 1. The number of amides is 3. The number of hydrogen-bond donors (Lipinski definition) is 3. The second kappa shape index (κ2) is 8.73. The Morgan fingerprint density at radius 3 is 2.84 bits per heavy atom. The van der Waals surface area contributed by atoms with E-state index in [9.17, 15) is 14.4 Å². The molecule has 4 heterocycles. The van der Waals surface area contributed by atoms with Crippen LogP contribution < -0.4 is 10.6 Å². The molecule has 2 unspecified atom stereocenters. The normalized spacial score (nSPS) is 17.4. The van der Waals surface area contributed by atoms with Crippen molar-refractivity contribution in [1.82, 2.24) is 30.2 Å². The highest BCUT2D eigenvalue weighted by molar-refractivity contribution is 7.20. The Morgan fingerprint density at radius 2 is 2.12 bits per heavy atom. The smallest absolute Gasteiger partial charge is 0.262 e. The van der Waals surface area contributed by atoms with E-state index >= 15 is 0 Å². The molecule has 1 saturated heterocycles. The van der Waals surface area contributed by atoms with Crippen LogP contribution in [0.15, 0.2) is 12.3 Å².